The molecule has 0 bridgehead atoms. The van der Waals surface area contributed by atoms with Gasteiger partial charge in [0.25, 0.3) is 0 Å². The summed E-state index contributed by atoms with van der Waals surface area (Å²) in [6, 6.07) is 4.30. The highest BCUT2D eigenvalue weighted by molar-refractivity contribution is 6.48. The lowest BCUT2D eigenvalue weighted by molar-refractivity contribution is -0.166. The van der Waals surface area contributed by atoms with Gasteiger partial charge < -0.3 is 14.5 Å². The number of benzene rings is 1. The van der Waals surface area contributed by atoms with E-state index in [1.807, 2.05) is 6.92 Å². The summed E-state index contributed by atoms with van der Waals surface area (Å²) in [6.45, 7) is 14.1. The van der Waals surface area contributed by atoms with E-state index in [0.717, 1.165) is 0 Å². The van der Waals surface area contributed by atoms with Gasteiger partial charge in [-0.1, -0.05) is 44.0 Å². The van der Waals surface area contributed by atoms with Crippen molar-refractivity contribution in [3.63, 3.8) is 0 Å². The number of carbonyl (C=O) groups excluding carboxylic acids is 2. The van der Waals surface area contributed by atoms with Crippen molar-refractivity contribution in [1.82, 2.24) is 5.32 Å². The summed E-state index contributed by atoms with van der Waals surface area (Å²) in [5.74, 6) is -1.31. The first-order valence-electron chi connectivity index (χ1n) is 9.43. The van der Waals surface area contributed by atoms with Crippen LogP contribution in [0.25, 0.3) is 0 Å². The molecule has 156 valence electrons. The van der Waals surface area contributed by atoms with Crippen molar-refractivity contribution in [1.29, 1.82) is 0 Å². The minimum absolute atomic E-state index is 0.0961. The summed E-state index contributed by atoms with van der Waals surface area (Å²) in [7, 11) is -1.44. The molecule has 5 nitrogen and oxygen atoms in total. The molecule has 0 aromatic heterocycles. The van der Waals surface area contributed by atoms with E-state index < -0.39 is 32.4 Å². The Labute approximate surface area is 178 Å². The highest BCUT2D eigenvalue weighted by Crippen LogP contribution is 2.46. The predicted octanol–water partition coefficient (Wildman–Crippen LogP) is 4.45. The second-order valence-corrected chi connectivity index (χ2v) is 12.0. The fraction of sp³-hybridized carbons (Fsp3) is 0.600. The fourth-order valence-electron chi connectivity index (χ4n) is 3.52. The van der Waals surface area contributed by atoms with Crippen molar-refractivity contribution in [2.45, 2.75) is 59.4 Å². The maximum Gasteiger partial charge on any atom is 0.316 e. The molecule has 0 aliphatic carbocycles. The van der Waals surface area contributed by atoms with E-state index in [1.165, 1.54) is 6.07 Å². The van der Waals surface area contributed by atoms with Gasteiger partial charge in [0.2, 0.25) is 5.91 Å². The van der Waals surface area contributed by atoms with Crippen LogP contribution in [0.5, 0.6) is 5.75 Å². The number of β-lactam (4-membered cyclic amide) rings is 1. The highest BCUT2D eigenvalue weighted by atomic mass is 35.5. The normalized spacial score (nSPS) is 22.9. The summed E-state index contributed by atoms with van der Waals surface area (Å²) < 4.78 is 11.8. The van der Waals surface area contributed by atoms with Crippen LogP contribution in [0.15, 0.2) is 18.2 Å². The monoisotopic (exact) mass is 445 g/mol. The lowest BCUT2D eigenvalue weighted by Crippen LogP contribution is -2.72. The molecule has 1 aliphatic rings. The van der Waals surface area contributed by atoms with Crippen molar-refractivity contribution in [2.75, 3.05) is 0 Å². The van der Waals surface area contributed by atoms with Crippen LogP contribution in [0, 0.1) is 17.3 Å². The third-order valence-electron chi connectivity index (χ3n) is 5.53. The zero-order valence-corrected chi connectivity index (χ0v) is 20.1. The molecule has 1 N–H and O–H groups in total. The first-order chi connectivity index (χ1) is 12.8. The number of halogens is 2. The highest BCUT2D eigenvalue weighted by Gasteiger charge is 2.59. The van der Waals surface area contributed by atoms with Gasteiger partial charge in [-0.2, -0.15) is 0 Å². The molecule has 1 aliphatic heterocycles. The van der Waals surface area contributed by atoms with Crippen molar-refractivity contribution >= 4 is 44.1 Å². The molecule has 0 radical (unpaired) electrons. The molecule has 1 aromatic carbocycles. The molecule has 1 aromatic rings. The number of esters is 1. The summed E-state index contributed by atoms with van der Waals surface area (Å²) >= 11 is 12.0. The van der Waals surface area contributed by atoms with Gasteiger partial charge in [-0.15, -0.1) is 0 Å². The Morgan fingerprint density at radius 1 is 1.21 bits per heavy atom. The Balaban J connectivity index is 2.23. The van der Waals surface area contributed by atoms with Crippen LogP contribution in [0.4, 0.5) is 0 Å². The van der Waals surface area contributed by atoms with Gasteiger partial charge in [-0.25, -0.2) is 0 Å². The standard InChI is InChI=1S/C20H29Cl2NO4Si/c1-11(18(25)26-14-9-8-12(21)10-13(14)22)16-15(17(24)23-16)20(5,19(2,3)4)27-28(6)7/h8-11,15-16,28H,1-7H3,(H,23,24)/t11-,15-,16-,20-/m1/s1. The molecule has 2 rings (SSSR count). The minimum Gasteiger partial charge on any atom is -0.425 e. The Morgan fingerprint density at radius 3 is 2.29 bits per heavy atom. The van der Waals surface area contributed by atoms with Crippen LogP contribution in [-0.2, 0) is 14.0 Å². The van der Waals surface area contributed by atoms with Gasteiger partial charge in [0.15, 0.2) is 9.04 Å². The average Bonchev–Trinajstić information content (AvgIpc) is 2.52. The van der Waals surface area contributed by atoms with Crippen molar-refractivity contribution in [2.24, 2.45) is 17.3 Å². The average molecular weight is 446 g/mol. The lowest BCUT2D eigenvalue weighted by atomic mass is 9.62. The quantitative estimate of drug-likeness (QED) is 0.303. The molecule has 0 saturated carbocycles. The lowest BCUT2D eigenvalue weighted by Gasteiger charge is -2.55. The van der Waals surface area contributed by atoms with Crippen molar-refractivity contribution in [3.8, 4) is 5.75 Å². The smallest absolute Gasteiger partial charge is 0.316 e. The van der Waals surface area contributed by atoms with Crippen LogP contribution in [0.2, 0.25) is 23.1 Å². The number of hydrogen-bond donors (Lipinski definition) is 1. The molecule has 1 heterocycles. The molecule has 8 heteroatoms. The van der Waals surface area contributed by atoms with E-state index >= 15 is 0 Å². The number of rotatable bonds is 6. The van der Waals surface area contributed by atoms with E-state index in [1.54, 1.807) is 19.1 Å². The van der Waals surface area contributed by atoms with Crippen LogP contribution in [0.3, 0.4) is 0 Å². The number of ether oxygens (including phenoxy) is 1. The molecule has 0 spiro atoms. The van der Waals surface area contributed by atoms with Crippen LogP contribution in [0.1, 0.15) is 34.6 Å². The second-order valence-electron chi connectivity index (χ2n) is 8.82. The van der Waals surface area contributed by atoms with Gasteiger partial charge in [-0.3, -0.25) is 9.59 Å². The topological polar surface area (TPSA) is 64.6 Å². The van der Waals surface area contributed by atoms with E-state index in [2.05, 4.69) is 39.2 Å². The number of carbonyl (C=O) groups is 2. The molecular weight excluding hydrogens is 417 g/mol. The molecule has 0 unspecified atom stereocenters. The molecule has 1 fully saturated rings. The van der Waals surface area contributed by atoms with Crippen molar-refractivity contribution < 1.29 is 18.8 Å². The zero-order chi connectivity index (χ0) is 21.4. The fourth-order valence-corrected chi connectivity index (χ4v) is 5.45. The van der Waals surface area contributed by atoms with Gasteiger partial charge in [0, 0.05) is 5.02 Å². The van der Waals surface area contributed by atoms with Gasteiger partial charge >= 0.3 is 5.97 Å². The summed E-state index contributed by atoms with van der Waals surface area (Å²) in [5, 5.41) is 3.59. The Bertz CT molecular complexity index is 765. The Hall–Kier alpha value is -1.08. The van der Waals surface area contributed by atoms with Crippen LogP contribution < -0.4 is 10.1 Å². The van der Waals surface area contributed by atoms with Crippen LogP contribution >= 0.6 is 23.2 Å². The summed E-state index contributed by atoms with van der Waals surface area (Å²) in [5.41, 5.74) is -0.971. The van der Waals surface area contributed by atoms with Crippen LogP contribution in [-0.4, -0.2) is 32.6 Å². The van der Waals surface area contributed by atoms with E-state index in [9.17, 15) is 9.59 Å². The SMILES string of the molecule is C[C@@H](C(=O)Oc1ccc(Cl)cc1Cl)[C@H]1NC(=O)[C@@H]1[C@@](C)(O[SiH](C)C)C(C)(C)C. The molecule has 1 saturated heterocycles. The van der Waals surface area contributed by atoms with Crippen molar-refractivity contribution in [3.05, 3.63) is 28.2 Å². The maximum atomic E-state index is 12.7. The minimum atomic E-state index is -1.44. The first kappa shape index (κ1) is 23.2. The molecular formula is C20H29Cl2NO4Si. The van der Waals surface area contributed by atoms with E-state index in [-0.39, 0.29) is 28.1 Å². The van der Waals surface area contributed by atoms with Gasteiger partial charge in [0.1, 0.15) is 5.75 Å². The zero-order valence-electron chi connectivity index (χ0n) is 17.4. The summed E-state index contributed by atoms with van der Waals surface area (Å²) in [4.78, 5) is 25.3. The molecule has 4 atom stereocenters. The maximum absolute atomic E-state index is 12.7. The summed E-state index contributed by atoms with van der Waals surface area (Å²) in [6.07, 6.45) is 0. The second kappa shape index (κ2) is 8.34. The van der Waals surface area contributed by atoms with E-state index in [0.29, 0.717) is 5.02 Å². The number of nitrogens with one attached hydrogen (secondary N) is 1. The van der Waals surface area contributed by atoms with Gasteiger partial charge in [-0.05, 0) is 50.6 Å². The number of amides is 1. The van der Waals surface area contributed by atoms with Gasteiger partial charge in [0.05, 0.1) is 28.5 Å². The molecule has 1 amide bonds. The molecule has 28 heavy (non-hydrogen) atoms. The third kappa shape index (κ3) is 4.56. The third-order valence-corrected chi connectivity index (χ3v) is 7.02. The number of hydrogen-bond acceptors (Lipinski definition) is 4. The largest absolute Gasteiger partial charge is 0.425 e. The first-order valence-corrected chi connectivity index (χ1v) is 13.0. The Kier molecular flexibility index (Phi) is 6.91. The predicted molar refractivity (Wildman–Crippen MR) is 115 cm³/mol. The Morgan fingerprint density at radius 2 is 1.82 bits per heavy atom. The van der Waals surface area contributed by atoms with E-state index in [4.69, 9.17) is 32.4 Å².